The van der Waals surface area contributed by atoms with Gasteiger partial charge in [0, 0.05) is 6.42 Å². The second kappa shape index (κ2) is 3.69. The molecule has 2 N–H and O–H groups in total. The van der Waals surface area contributed by atoms with Crippen LogP contribution < -0.4 is 5.32 Å². The number of H-pyrrole nitrogens is 1. The summed E-state index contributed by atoms with van der Waals surface area (Å²) in [7, 11) is 0. The molecule has 2 heterocycles. The van der Waals surface area contributed by atoms with Gasteiger partial charge in [-0.05, 0) is 32.7 Å². The van der Waals surface area contributed by atoms with Crippen LogP contribution in [-0.4, -0.2) is 21.7 Å². The van der Waals surface area contributed by atoms with Crippen molar-refractivity contribution in [2.24, 2.45) is 0 Å². The molecule has 1 aliphatic heterocycles. The van der Waals surface area contributed by atoms with Crippen LogP contribution in [0.2, 0.25) is 0 Å². The van der Waals surface area contributed by atoms with Crippen LogP contribution in [0, 0.1) is 0 Å². The van der Waals surface area contributed by atoms with Crippen molar-refractivity contribution in [1.82, 2.24) is 20.5 Å². The Morgan fingerprint density at radius 3 is 3.00 bits per heavy atom. The standard InChI is InChI=1S/C10H18N4/c1-3-5-8-12-9(14-13-8)10(2)6-4-7-11-10/h11H,3-7H2,1-2H3,(H,12,13,14). The molecule has 0 radical (unpaired) electrons. The third-order valence-electron chi connectivity index (χ3n) is 2.88. The van der Waals surface area contributed by atoms with Gasteiger partial charge in [-0.3, -0.25) is 5.10 Å². The smallest absolute Gasteiger partial charge is 0.170 e. The number of aryl methyl sites for hydroxylation is 1. The summed E-state index contributed by atoms with van der Waals surface area (Å²) in [6, 6.07) is 0. The second-order valence-electron chi connectivity index (χ2n) is 4.22. The Morgan fingerprint density at radius 1 is 1.50 bits per heavy atom. The first-order valence-corrected chi connectivity index (χ1v) is 5.41. The van der Waals surface area contributed by atoms with Gasteiger partial charge in [0.05, 0.1) is 5.54 Å². The van der Waals surface area contributed by atoms with Gasteiger partial charge in [0.15, 0.2) is 5.82 Å². The average molecular weight is 194 g/mol. The zero-order valence-corrected chi connectivity index (χ0v) is 8.93. The summed E-state index contributed by atoms with van der Waals surface area (Å²) < 4.78 is 0. The molecular formula is C10H18N4. The maximum absolute atomic E-state index is 4.52. The molecule has 0 spiro atoms. The van der Waals surface area contributed by atoms with E-state index in [1.54, 1.807) is 0 Å². The van der Waals surface area contributed by atoms with Gasteiger partial charge in [0.25, 0.3) is 0 Å². The van der Waals surface area contributed by atoms with Crippen molar-refractivity contribution < 1.29 is 0 Å². The van der Waals surface area contributed by atoms with Crippen LogP contribution in [0.1, 0.15) is 44.8 Å². The molecule has 1 aromatic rings. The van der Waals surface area contributed by atoms with Crippen LogP contribution in [0.3, 0.4) is 0 Å². The van der Waals surface area contributed by atoms with E-state index in [9.17, 15) is 0 Å². The molecule has 0 bridgehead atoms. The Kier molecular flexibility index (Phi) is 2.54. The molecule has 1 atom stereocenters. The molecule has 4 heteroatoms. The van der Waals surface area contributed by atoms with Crippen molar-refractivity contribution in [3.05, 3.63) is 11.6 Å². The third-order valence-corrected chi connectivity index (χ3v) is 2.88. The number of hydrogen-bond acceptors (Lipinski definition) is 3. The van der Waals surface area contributed by atoms with Crippen molar-refractivity contribution in [2.75, 3.05) is 6.54 Å². The number of rotatable bonds is 3. The molecule has 0 aliphatic carbocycles. The Balaban J connectivity index is 2.15. The average Bonchev–Trinajstić information content (AvgIpc) is 2.75. The van der Waals surface area contributed by atoms with Crippen LogP contribution in [0.15, 0.2) is 0 Å². The fraction of sp³-hybridized carbons (Fsp3) is 0.800. The molecule has 2 rings (SSSR count). The molecule has 0 amide bonds. The van der Waals surface area contributed by atoms with Gasteiger partial charge in [-0.15, -0.1) is 0 Å². The first-order valence-electron chi connectivity index (χ1n) is 5.41. The lowest BCUT2D eigenvalue weighted by atomic mass is 10.00. The Labute approximate surface area is 84.5 Å². The first-order chi connectivity index (χ1) is 6.74. The van der Waals surface area contributed by atoms with Crippen molar-refractivity contribution in [1.29, 1.82) is 0 Å². The molecule has 14 heavy (non-hydrogen) atoms. The Hall–Kier alpha value is -0.900. The fourth-order valence-corrected chi connectivity index (χ4v) is 1.98. The van der Waals surface area contributed by atoms with E-state index in [-0.39, 0.29) is 5.54 Å². The molecule has 0 saturated carbocycles. The minimum absolute atomic E-state index is 0.00247. The molecule has 78 valence electrons. The number of aromatic amines is 1. The van der Waals surface area contributed by atoms with E-state index in [1.165, 1.54) is 6.42 Å². The molecule has 0 aromatic carbocycles. The van der Waals surface area contributed by atoms with Crippen LogP contribution in [-0.2, 0) is 12.0 Å². The molecule has 1 aliphatic rings. The molecule has 1 saturated heterocycles. The maximum Gasteiger partial charge on any atom is 0.170 e. The van der Waals surface area contributed by atoms with E-state index in [0.717, 1.165) is 37.5 Å². The molecule has 1 unspecified atom stereocenters. The quantitative estimate of drug-likeness (QED) is 0.763. The summed E-state index contributed by atoms with van der Waals surface area (Å²) in [4.78, 5) is 4.52. The summed E-state index contributed by atoms with van der Waals surface area (Å²) >= 11 is 0. The van der Waals surface area contributed by atoms with Crippen molar-refractivity contribution in [3.8, 4) is 0 Å². The highest BCUT2D eigenvalue weighted by Crippen LogP contribution is 2.27. The predicted octanol–water partition coefficient (Wildman–Crippen LogP) is 1.36. The monoisotopic (exact) mass is 194 g/mol. The zero-order valence-electron chi connectivity index (χ0n) is 8.93. The highest BCUT2D eigenvalue weighted by atomic mass is 15.2. The van der Waals surface area contributed by atoms with E-state index in [1.807, 2.05) is 0 Å². The summed E-state index contributed by atoms with van der Waals surface area (Å²) in [5, 5.41) is 10.8. The van der Waals surface area contributed by atoms with Gasteiger partial charge in [-0.2, -0.15) is 5.10 Å². The number of hydrogen-bond donors (Lipinski definition) is 2. The van der Waals surface area contributed by atoms with E-state index < -0.39 is 0 Å². The van der Waals surface area contributed by atoms with Crippen LogP contribution >= 0.6 is 0 Å². The molecule has 1 aromatic heterocycles. The lowest BCUT2D eigenvalue weighted by molar-refractivity contribution is 0.408. The van der Waals surface area contributed by atoms with Gasteiger partial charge >= 0.3 is 0 Å². The lowest BCUT2D eigenvalue weighted by Gasteiger charge is -2.19. The highest BCUT2D eigenvalue weighted by molar-refractivity contribution is 5.07. The lowest BCUT2D eigenvalue weighted by Crippen LogP contribution is -2.34. The normalized spacial score (nSPS) is 27.0. The van der Waals surface area contributed by atoms with Crippen LogP contribution in [0.5, 0.6) is 0 Å². The highest BCUT2D eigenvalue weighted by Gasteiger charge is 2.33. The van der Waals surface area contributed by atoms with Crippen LogP contribution in [0.4, 0.5) is 0 Å². The number of nitrogens with one attached hydrogen (secondary N) is 2. The fourth-order valence-electron chi connectivity index (χ4n) is 1.98. The van der Waals surface area contributed by atoms with Gasteiger partial charge in [-0.1, -0.05) is 6.92 Å². The molecule has 4 nitrogen and oxygen atoms in total. The maximum atomic E-state index is 4.52. The summed E-state index contributed by atoms with van der Waals surface area (Å²) in [5.41, 5.74) is 0.00247. The number of aromatic nitrogens is 3. The van der Waals surface area contributed by atoms with Gasteiger partial charge < -0.3 is 5.32 Å². The van der Waals surface area contributed by atoms with Crippen molar-refractivity contribution >= 4 is 0 Å². The summed E-state index contributed by atoms with van der Waals surface area (Å²) in [6.07, 6.45) is 4.45. The minimum atomic E-state index is 0.00247. The Morgan fingerprint density at radius 2 is 2.36 bits per heavy atom. The first kappa shape index (κ1) is 9.65. The summed E-state index contributed by atoms with van der Waals surface area (Å²) in [6.45, 7) is 5.41. The second-order valence-corrected chi connectivity index (χ2v) is 4.22. The van der Waals surface area contributed by atoms with E-state index in [4.69, 9.17) is 0 Å². The summed E-state index contributed by atoms with van der Waals surface area (Å²) in [5.74, 6) is 1.94. The van der Waals surface area contributed by atoms with E-state index in [0.29, 0.717) is 0 Å². The largest absolute Gasteiger partial charge is 0.305 e. The van der Waals surface area contributed by atoms with Crippen LogP contribution in [0.25, 0.3) is 0 Å². The van der Waals surface area contributed by atoms with Crippen molar-refractivity contribution in [3.63, 3.8) is 0 Å². The minimum Gasteiger partial charge on any atom is -0.305 e. The predicted molar refractivity (Wildman–Crippen MR) is 55.0 cm³/mol. The zero-order chi connectivity index (χ0) is 10.0. The van der Waals surface area contributed by atoms with E-state index in [2.05, 4.69) is 34.3 Å². The van der Waals surface area contributed by atoms with Gasteiger partial charge in [0.1, 0.15) is 5.82 Å². The molecule has 1 fully saturated rings. The van der Waals surface area contributed by atoms with Gasteiger partial charge in [0.2, 0.25) is 0 Å². The third kappa shape index (κ3) is 1.66. The SMILES string of the molecule is CCCc1nc(C2(C)CCCN2)n[nH]1. The van der Waals surface area contributed by atoms with E-state index >= 15 is 0 Å². The number of nitrogens with zero attached hydrogens (tertiary/aromatic N) is 2. The van der Waals surface area contributed by atoms with Gasteiger partial charge in [-0.25, -0.2) is 4.98 Å². The topological polar surface area (TPSA) is 53.6 Å². The Bertz CT molecular complexity index is 299. The van der Waals surface area contributed by atoms with Crippen molar-refractivity contribution in [2.45, 2.75) is 45.1 Å². The molecular weight excluding hydrogens is 176 g/mol.